The summed E-state index contributed by atoms with van der Waals surface area (Å²) in [5.74, 6) is 1.70. The Balaban J connectivity index is 1.88. The van der Waals surface area contributed by atoms with E-state index in [-0.39, 0.29) is 11.3 Å². The zero-order valence-electron chi connectivity index (χ0n) is 17.2. The number of carboxylic acid groups (broad SMARTS) is 1. The number of carbonyl (C=O) groups is 1. The van der Waals surface area contributed by atoms with E-state index in [1.807, 2.05) is 36.5 Å². The van der Waals surface area contributed by atoms with Crippen molar-refractivity contribution < 1.29 is 9.90 Å². The first-order chi connectivity index (χ1) is 14.5. The molecule has 0 unspecified atom stereocenters. The van der Waals surface area contributed by atoms with Crippen LogP contribution in [0, 0.1) is 12.3 Å². The Morgan fingerprint density at radius 2 is 1.87 bits per heavy atom. The highest BCUT2D eigenvalue weighted by Crippen LogP contribution is 2.24. The maximum atomic E-state index is 12.9. The smallest absolute Gasteiger partial charge is 0.336 e. The lowest BCUT2D eigenvalue weighted by atomic mass is 9.99. The second-order valence-electron chi connectivity index (χ2n) is 7.29. The molecule has 0 aliphatic heterocycles. The van der Waals surface area contributed by atoms with Crippen molar-refractivity contribution in [1.82, 2.24) is 9.13 Å². The van der Waals surface area contributed by atoms with Gasteiger partial charge in [0.15, 0.2) is 0 Å². The van der Waals surface area contributed by atoms with Gasteiger partial charge in [-0.05, 0) is 29.2 Å². The molecule has 0 fully saturated rings. The third-order valence-corrected chi connectivity index (χ3v) is 5.17. The van der Waals surface area contributed by atoms with Crippen molar-refractivity contribution in [2.45, 2.75) is 45.7 Å². The Hall–Kier alpha value is -3.52. The Morgan fingerprint density at radius 1 is 1.13 bits per heavy atom. The average Bonchev–Trinajstić information content (AvgIpc) is 3.05. The van der Waals surface area contributed by atoms with Crippen LogP contribution in [0.5, 0.6) is 0 Å². The summed E-state index contributed by atoms with van der Waals surface area (Å²) < 4.78 is 3.56. The van der Waals surface area contributed by atoms with E-state index in [0.717, 1.165) is 29.7 Å². The molecule has 0 amide bonds. The first kappa shape index (κ1) is 21.2. The van der Waals surface area contributed by atoms with E-state index in [0.29, 0.717) is 31.5 Å². The number of nitrogens with zero attached hydrogens (tertiary/aromatic N) is 2. The van der Waals surface area contributed by atoms with Gasteiger partial charge in [0.25, 0.3) is 0 Å². The number of aromatic carboxylic acids is 1. The highest BCUT2D eigenvalue weighted by atomic mass is 16.4. The summed E-state index contributed by atoms with van der Waals surface area (Å²) >= 11 is 0. The summed E-state index contributed by atoms with van der Waals surface area (Å²) in [5.41, 5.74) is 3.67. The lowest BCUT2D eigenvalue weighted by molar-refractivity contribution is 0.0697. The third-order valence-electron chi connectivity index (χ3n) is 5.17. The van der Waals surface area contributed by atoms with Gasteiger partial charge >= 0.3 is 11.7 Å². The summed E-state index contributed by atoms with van der Waals surface area (Å²) in [6.07, 6.45) is 10.6. The molecule has 0 saturated carbocycles. The molecule has 3 rings (SSSR count). The molecule has 0 atom stereocenters. The standard InChI is InChI=1S/C25H26N2O3/c1-3-5-9-21-18-26(16-6-4-2)25(30)27(21)17-19-12-14-20(15-13-19)22-10-7-8-11-23(22)24(28)29/h1,7-8,10-15,18H,4-6,9,16-17H2,2H3,(H,28,29). The zero-order chi connectivity index (χ0) is 21.5. The first-order valence-electron chi connectivity index (χ1n) is 10.2. The molecule has 5 heteroatoms. The minimum absolute atomic E-state index is 0.0178. The molecule has 3 aromatic rings. The van der Waals surface area contributed by atoms with Crippen molar-refractivity contribution in [3.63, 3.8) is 0 Å². The molecule has 5 nitrogen and oxygen atoms in total. The Labute approximate surface area is 176 Å². The molecule has 0 radical (unpaired) electrons. The highest BCUT2D eigenvalue weighted by molar-refractivity contribution is 5.95. The van der Waals surface area contributed by atoms with Gasteiger partial charge in [-0.15, -0.1) is 12.3 Å². The topological polar surface area (TPSA) is 64.2 Å². The molecule has 0 spiro atoms. The fourth-order valence-corrected chi connectivity index (χ4v) is 3.53. The van der Waals surface area contributed by atoms with Crippen LogP contribution >= 0.6 is 0 Å². The van der Waals surface area contributed by atoms with Gasteiger partial charge in [-0.2, -0.15) is 0 Å². The molecular weight excluding hydrogens is 376 g/mol. The van der Waals surface area contributed by atoms with Crippen LogP contribution in [0.2, 0.25) is 0 Å². The van der Waals surface area contributed by atoms with Crippen LogP contribution in [0.15, 0.2) is 59.5 Å². The first-order valence-corrected chi connectivity index (χ1v) is 10.2. The Kier molecular flexibility index (Phi) is 6.92. The Morgan fingerprint density at radius 3 is 2.53 bits per heavy atom. The quantitative estimate of drug-likeness (QED) is 0.539. The monoisotopic (exact) mass is 402 g/mol. The summed E-state index contributed by atoms with van der Waals surface area (Å²) in [5, 5.41) is 9.42. The van der Waals surface area contributed by atoms with Crippen LogP contribution in [-0.4, -0.2) is 20.2 Å². The maximum absolute atomic E-state index is 12.9. The minimum Gasteiger partial charge on any atom is -0.478 e. The maximum Gasteiger partial charge on any atom is 0.336 e. The van der Waals surface area contributed by atoms with Crippen LogP contribution in [0.1, 0.15) is 47.8 Å². The van der Waals surface area contributed by atoms with Crippen LogP contribution in [0.4, 0.5) is 0 Å². The fourth-order valence-electron chi connectivity index (χ4n) is 3.53. The van der Waals surface area contributed by atoms with Gasteiger partial charge in [0.2, 0.25) is 0 Å². The van der Waals surface area contributed by atoms with Gasteiger partial charge in [0, 0.05) is 31.3 Å². The largest absolute Gasteiger partial charge is 0.478 e. The zero-order valence-corrected chi connectivity index (χ0v) is 17.2. The van der Waals surface area contributed by atoms with Crippen molar-refractivity contribution in [1.29, 1.82) is 0 Å². The van der Waals surface area contributed by atoms with Crippen molar-refractivity contribution in [2.24, 2.45) is 0 Å². The van der Waals surface area contributed by atoms with Gasteiger partial charge in [0.05, 0.1) is 12.1 Å². The van der Waals surface area contributed by atoms with Gasteiger partial charge in [-0.1, -0.05) is 55.8 Å². The second-order valence-corrected chi connectivity index (χ2v) is 7.29. The summed E-state index contributed by atoms with van der Waals surface area (Å²) in [7, 11) is 0. The number of benzene rings is 2. The number of hydrogen-bond donors (Lipinski definition) is 1. The predicted octanol–water partition coefficient (Wildman–Crippen LogP) is 4.43. The van der Waals surface area contributed by atoms with Crippen molar-refractivity contribution in [2.75, 3.05) is 0 Å². The number of aryl methyl sites for hydroxylation is 2. The number of hydrogen-bond acceptors (Lipinski definition) is 2. The van der Waals surface area contributed by atoms with Crippen LogP contribution < -0.4 is 5.69 Å². The van der Waals surface area contributed by atoms with E-state index < -0.39 is 5.97 Å². The molecular formula is C25H26N2O3. The highest BCUT2D eigenvalue weighted by Gasteiger charge is 2.13. The molecule has 0 aliphatic carbocycles. The molecule has 0 bridgehead atoms. The summed E-state index contributed by atoms with van der Waals surface area (Å²) in [6, 6.07) is 14.6. The SMILES string of the molecule is C#CCCc1cn(CCCC)c(=O)n1Cc1ccc(-c2ccccc2C(=O)O)cc1. The fraction of sp³-hybridized carbons (Fsp3) is 0.280. The predicted molar refractivity (Wildman–Crippen MR) is 119 cm³/mol. The number of rotatable bonds is 9. The van der Waals surface area contributed by atoms with Crippen molar-refractivity contribution in [3.05, 3.63) is 82.0 Å². The molecule has 1 aromatic heterocycles. The van der Waals surface area contributed by atoms with Crippen LogP contribution in [0.25, 0.3) is 11.1 Å². The summed E-state index contributed by atoms with van der Waals surface area (Å²) in [6.45, 7) is 3.26. The number of terminal acetylenes is 1. The minimum atomic E-state index is -0.951. The molecule has 1 N–H and O–H groups in total. The normalized spacial score (nSPS) is 10.7. The average molecular weight is 402 g/mol. The molecule has 30 heavy (non-hydrogen) atoms. The third kappa shape index (κ3) is 4.72. The lowest BCUT2D eigenvalue weighted by Crippen LogP contribution is -2.25. The molecule has 0 saturated heterocycles. The van der Waals surface area contributed by atoms with Gasteiger partial charge < -0.3 is 5.11 Å². The van der Waals surface area contributed by atoms with Crippen molar-refractivity contribution >= 4 is 5.97 Å². The van der Waals surface area contributed by atoms with E-state index in [4.69, 9.17) is 6.42 Å². The van der Waals surface area contributed by atoms with Gasteiger partial charge in [-0.3, -0.25) is 9.13 Å². The van der Waals surface area contributed by atoms with E-state index in [9.17, 15) is 14.7 Å². The lowest BCUT2D eigenvalue weighted by Gasteiger charge is -2.09. The number of imidazole rings is 1. The number of aromatic nitrogens is 2. The number of carboxylic acids is 1. The van der Waals surface area contributed by atoms with E-state index in [1.54, 1.807) is 27.3 Å². The molecule has 0 aliphatic rings. The molecule has 2 aromatic carbocycles. The van der Waals surface area contributed by atoms with Gasteiger partial charge in [-0.25, -0.2) is 9.59 Å². The molecule has 1 heterocycles. The second kappa shape index (κ2) is 9.80. The van der Waals surface area contributed by atoms with Crippen molar-refractivity contribution in [3.8, 4) is 23.5 Å². The molecule has 154 valence electrons. The Bertz CT molecular complexity index is 1110. The van der Waals surface area contributed by atoms with Crippen LogP contribution in [-0.2, 0) is 19.5 Å². The van der Waals surface area contributed by atoms with E-state index in [2.05, 4.69) is 12.8 Å². The summed E-state index contributed by atoms with van der Waals surface area (Å²) in [4.78, 5) is 24.4. The number of unbranched alkanes of at least 4 members (excludes halogenated alkanes) is 1. The van der Waals surface area contributed by atoms with E-state index in [1.165, 1.54) is 0 Å². The van der Waals surface area contributed by atoms with E-state index >= 15 is 0 Å². The van der Waals surface area contributed by atoms with Crippen LogP contribution in [0.3, 0.4) is 0 Å². The van der Waals surface area contributed by atoms with Gasteiger partial charge in [0.1, 0.15) is 0 Å².